The topological polar surface area (TPSA) is 58.6 Å². The van der Waals surface area contributed by atoms with E-state index in [9.17, 15) is 9.59 Å². The van der Waals surface area contributed by atoms with E-state index >= 15 is 0 Å². The van der Waals surface area contributed by atoms with Crippen LogP contribution in [0.3, 0.4) is 0 Å². The molecular formula is C19H28N2O3S. The van der Waals surface area contributed by atoms with Crippen molar-refractivity contribution in [3.8, 4) is 0 Å². The Morgan fingerprint density at radius 1 is 1.28 bits per heavy atom. The molecule has 5 nitrogen and oxygen atoms in total. The minimum absolute atomic E-state index is 0.0319. The monoisotopic (exact) mass is 364 g/mol. The van der Waals surface area contributed by atoms with E-state index in [0.29, 0.717) is 29.5 Å². The van der Waals surface area contributed by atoms with E-state index in [2.05, 4.69) is 17.3 Å². The van der Waals surface area contributed by atoms with Gasteiger partial charge in [-0.05, 0) is 44.7 Å². The van der Waals surface area contributed by atoms with Crippen molar-refractivity contribution in [3.63, 3.8) is 0 Å². The second kappa shape index (κ2) is 8.32. The van der Waals surface area contributed by atoms with Gasteiger partial charge < -0.3 is 15.0 Å². The number of anilines is 1. The number of amides is 1. The highest BCUT2D eigenvalue weighted by Crippen LogP contribution is 2.38. The molecule has 25 heavy (non-hydrogen) atoms. The van der Waals surface area contributed by atoms with Crippen LogP contribution in [-0.2, 0) is 22.5 Å². The average molecular weight is 365 g/mol. The fourth-order valence-corrected chi connectivity index (χ4v) is 5.20. The van der Waals surface area contributed by atoms with Crippen LogP contribution in [0.1, 0.15) is 66.2 Å². The van der Waals surface area contributed by atoms with Gasteiger partial charge in [-0.15, -0.1) is 11.3 Å². The van der Waals surface area contributed by atoms with Gasteiger partial charge in [0.15, 0.2) is 0 Å². The van der Waals surface area contributed by atoms with Gasteiger partial charge in [0.05, 0.1) is 12.2 Å². The highest BCUT2D eigenvalue weighted by molar-refractivity contribution is 7.17. The fraction of sp³-hybridized carbons (Fsp3) is 0.684. The minimum Gasteiger partial charge on any atom is -0.462 e. The van der Waals surface area contributed by atoms with E-state index in [-0.39, 0.29) is 11.9 Å². The molecule has 1 aromatic heterocycles. The predicted molar refractivity (Wildman–Crippen MR) is 100 cm³/mol. The first-order valence-corrected chi connectivity index (χ1v) is 10.2. The summed E-state index contributed by atoms with van der Waals surface area (Å²) in [5, 5.41) is 3.71. The van der Waals surface area contributed by atoms with Crippen LogP contribution in [0, 0.1) is 5.92 Å². The Balaban J connectivity index is 1.77. The summed E-state index contributed by atoms with van der Waals surface area (Å²) in [6, 6.07) is 0. The maximum Gasteiger partial charge on any atom is 0.341 e. The molecule has 0 aromatic carbocycles. The number of thiophene rings is 1. The first-order valence-electron chi connectivity index (χ1n) is 9.38. The molecule has 0 atom stereocenters. The Kier molecular flexibility index (Phi) is 6.12. The molecule has 0 unspecified atom stereocenters. The number of fused-ring (bicyclic) bond motifs is 1. The van der Waals surface area contributed by atoms with Gasteiger partial charge in [0.2, 0.25) is 5.91 Å². The molecule has 138 valence electrons. The molecule has 1 aliphatic heterocycles. The Hall–Kier alpha value is -1.40. The minimum atomic E-state index is -0.308. The Bertz CT molecular complexity index is 635. The van der Waals surface area contributed by atoms with E-state index in [1.807, 2.05) is 6.92 Å². The number of hydrogen-bond donors (Lipinski definition) is 1. The molecule has 0 saturated heterocycles. The van der Waals surface area contributed by atoms with E-state index in [4.69, 9.17) is 4.74 Å². The van der Waals surface area contributed by atoms with Crippen molar-refractivity contribution in [3.05, 3.63) is 16.0 Å². The lowest BCUT2D eigenvalue weighted by Gasteiger charge is -2.22. The van der Waals surface area contributed by atoms with Crippen molar-refractivity contribution in [2.45, 2.75) is 58.4 Å². The predicted octanol–water partition coefficient (Wildman–Crippen LogP) is 3.82. The van der Waals surface area contributed by atoms with Crippen molar-refractivity contribution in [1.29, 1.82) is 0 Å². The maximum absolute atomic E-state index is 12.5. The largest absolute Gasteiger partial charge is 0.462 e. The SMILES string of the molecule is CCOC(=O)c1c(NC(=O)CC2CCCCC2)sc2c1CCN(C)C2. The zero-order valence-corrected chi connectivity index (χ0v) is 16.0. The molecule has 3 rings (SSSR count). The van der Waals surface area contributed by atoms with E-state index in [1.165, 1.54) is 35.5 Å². The Morgan fingerprint density at radius 2 is 2.04 bits per heavy atom. The second-order valence-corrected chi connectivity index (χ2v) is 8.28. The van der Waals surface area contributed by atoms with Crippen LogP contribution in [0.5, 0.6) is 0 Å². The third kappa shape index (κ3) is 4.42. The molecule has 1 aromatic rings. The molecule has 0 spiro atoms. The van der Waals surface area contributed by atoms with Crippen molar-refractivity contribution in [2.24, 2.45) is 5.92 Å². The molecule has 0 bridgehead atoms. The van der Waals surface area contributed by atoms with Crippen LogP contribution in [0.4, 0.5) is 5.00 Å². The summed E-state index contributed by atoms with van der Waals surface area (Å²) in [6.45, 7) is 3.90. The summed E-state index contributed by atoms with van der Waals surface area (Å²) in [6.07, 6.45) is 7.42. The zero-order chi connectivity index (χ0) is 17.8. The van der Waals surface area contributed by atoms with Gasteiger partial charge in [-0.1, -0.05) is 19.3 Å². The molecule has 2 aliphatic rings. The van der Waals surface area contributed by atoms with Crippen LogP contribution >= 0.6 is 11.3 Å². The van der Waals surface area contributed by atoms with E-state index < -0.39 is 0 Å². The first kappa shape index (κ1) is 18.4. The summed E-state index contributed by atoms with van der Waals surface area (Å²) < 4.78 is 5.25. The van der Waals surface area contributed by atoms with Crippen LogP contribution in [-0.4, -0.2) is 37.0 Å². The highest BCUT2D eigenvalue weighted by atomic mass is 32.1. The summed E-state index contributed by atoms with van der Waals surface area (Å²) in [5.74, 6) is 0.211. The van der Waals surface area contributed by atoms with Crippen molar-refractivity contribution in [1.82, 2.24) is 4.90 Å². The maximum atomic E-state index is 12.5. The number of nitrogens with zero attached hydrogens (tertiary/aromatic N) is 1. The normalized spacial score (nSPS) is 18.6. The molecule has 1 saturated carbocycles. The number of ether oxygens (including phenoxy) is 1. The van der Waals surface area contributed by atoms with E-state index in [1.54, 1.807) is 0 Å². The number of rotatable bonds is 5. The Labute approximate surface area is 153 Å². The Morgan fingerprint density at radius 3 is 2.76 bits per heavy atom. The summed E-state index contributed by atoms with van der Waals surface area (Å²) >= 11 is 1.54. The van der Waals surface area contributed by atoms with Gasteiger partial charge in [0.25, 0.3) is 0 Å². The van der Waals surface area contributed by atoms with Gasteiger partial charge in [-0.25, -0.2) is 4.79 Å². The van der Waals surface area contributed by atoms with Gasteiger partial charge in [0, 0.05) is 24.4 Å². The standard InChI is InChI=1S/C19H28N2O3S/c1-3-24-19(23)17-14-9-10-21(2)12-15(14)25-18(17)20-16(22)11-13-7-5-4-6-8-13/h13H,3-12H2,1-2H3,(H,20,22). The second-order valence-electron chi connectivity index (χ2n) is 7.17. The molecule has 1 N–H and O–H groups in total. The summed E-state index contributed by atoms with van der Waals surface area (Å²) in [4.78, 5) is 28.4. The van der Waals surface area contributed by atoms with Gasteiger partial charge in [-0.3, -0.25) is 4.79 Å². The van der Waals surface area contributed by atoms with Crippen molar-refractivity contribution >= 4 is 28.2 Å². The number of nitrogens with one attached hydrogen (secondary N) is 1. The van der Waals surface area contributed by atoms with Gasteiger partial charge in [-0.2, -0.15) is 0 Å². The number of carbonyl (C=O) groups is 2. The lowest BCUT2D eigenvalue weighted by atomic mass is 9.87. The first-order chi connectivity index (χ1) is 12.1. The smallest absolute Gasteiger partial charge is 0.341 e. The summed E-state index contributed by atoms with van der Waals surface area (Å²) in [7, 11) is 2.08. The van der Waals surface area contributed by atoms with Crippen LogP contribution in [0.25, 0.3) is 0 Å². The van der Waals surface area contributed by atoms with E-state index in [0.717, 1.165) is 37.9 Å². The van der Waals surface area contributed by atoms with Crippen molar-refractivity contribution in [2.75, 3.05) is 25.5 Å². The highest BCUT2D eigenvalue weighted by Gasteiger charge is 2.29. The molecule has 1 fully saturated rings. The molecule has 1 aliphatic carbocycles. The average Bonchev–Trinajstić information content (AvgIpc) is 2.92. The zero-order valence-electron chi connectivity index (χ0n) is 15.2. The lowest BCUT2D eigenvalue weighted by Crippen LogP contribution is -2.26. The molecule has 1 amide bonds. The van der Waals surface area contributed by atoms with Crippen LogP contribution in [0.15, 0.2) is 0 Å². The molecule has 0 radical (unpaired) electrons. The number of likely N-dealkylation sites (N-methyl/N-ethyl adjacent to an activating group) is 1. The number of carbonyl (C=O) groups excluding carboxylic acids is 2. The number of esters is 1. The quantitative estimate of drug-likeness (QED) is 0.807. The van der Waals surface area contributed by atoms with Gasteiger partial charge in [0.1, 0.15) is 5.00 Å². The van der Waals surface area contributed by atoms with Crippen molar-refractivity contribution < 1.29 is 14.3 Å². The molecular weight excluding hydrogens is 336 g/mol. The van der Waals surface area contributed by atoms with Crippen LogP contribution < -0.4 is 5.32 Å². The third-order valence-electron chi connectivity index (χ3n) is 5.18. The fourth-order valence-electron chi connectivity index (χ4n) is 3.87. The molecule has 6 heteroatoms. The lowest BCUT2D eigenvalue weighted by molar-refractivity contribution is -0.117. The third-order valence-corrected chi connectivity index (χ3v) is 6.31. The summed E-state index contributed by atoms with van der Waals surface area (Å²) in [5.41, 5.74) is 1.65. The molecule has 2 heterocycles. The number of hydrogen-bond acceptors (Lipinski definition) is 5. The van der Waals surface area contributed by atoms with Gasteiger partial charge >= 0.3 is 5.97 Å². The van der Waals surface area contributed by atoms with Crippen LogP contribution in [0.2, 0.25) is 0 Å².